The largest absolute Gasteiger partial charge is 0.481 e. The number of aromatic nitrogens is 2. The van der Waals surface area contributed by atoms with Crippen LogP contribution in [0.25, 0.3) is 0 Å². The molecule has 0 bridgehead atoms. The van der Waals surface area contributed by atoms with Crippen LogP contribution in [0, 0.1) is 11.3 Å². The number of aliphatic carboxylic acids is 1. The second-order valence-electron chi connectivity index (χ2n) is 3.93. The van der Waals surface area contributed by atoms with Gasteiger partial charge in [0.15, 0.2) is 5.82 Å². The maximum absolute atomic E-state index is 10.6. The molecule has 1 rings (SSSR count). The summed E-state index contributed by atoms with van der Waals surface area (Å²) < 4.78 is 0. The number of aromatic amines is 1. The van der Waals surface area contributed by atoms with Gasteiger partial charge < -0.3 is 10.8 Å². The highest BCUT2D eigenvalue weighted by atomic mass is 16.4. The Balaban J connectivity index is 3.15. The Morgan fingerprint density at radius 3 is 2.80 bits per heavy atom. The molecule has 6 nitrogen and oxygen atoms in total. The highest BCUT2D eigenvalue weighted by molar-refractivity contribution is 5.69. The number of carboxylic acids is 1. The second-order valence-corrected chi connectivity index (χ2v) is 3.93. The van der Waals surface area contributed by atoms with Crippen LogP contribution >= 0.6 is 0 Å². The molecule has 0 amide bonds. The van der Waals surface area contributed by atoms with Crippen LogP contribution in [0.15, 0.2) is 0 Å². The normalized spacial score (nSPS) is 11.0. The Kier molecular flexibility index (Phi) is 2.66. The molecule has 0 fully saturated rings. The molecule has 0 aliphatic carbocycles. The summed E-state index contributed by atoms with van der Waals surface area (Å²) in [6.07, 6.45) is -0.0939. The number of hydrogen-bond acceptors (Lipinski definition) is 4. The first-order valence-electron chi connectivity index (χ1n) is 4.34. The smallest absolute Gasteiger partial charge is 0.304 e. The lowest BCUT2D eigenvalue weighted by Gasteiger charge is -2.20. The van der Waals surface area contributed by atoms with E-state index in [1.807, 2.05) is 6.07 Å². The van der Waals surface area contributed by atoms with E-state index in [4.69, 9.17) is 16.1 Å². The number of anilines is 1. The van der Waals surface area contributed by atoms with Crippen LogP contribution in [-0.2, 0) is 10.2 Å². The fourth-order valence-electron chi connectivity index (χ4n) is 1.43. The minimum Gasteiger partial charge on any atom is -0.481 e. The van der Waals surface area contributed by atoms with Crippen LogP contribution in [-0.4, -0.2) is 21.3 Å². The van der Waals surface area contributed by atoms with E-state index in [0.29, 0.717) is 5.69 Å². The minimum absolute atomic E-state index is 0.0939. The van der Waals surface area contributed by atoms with E-state index in [1.54, 1.807) is 13.8 Å². The van der Waals surface area contributed by atoms with E-state index in [0.717, 1.165) is 0 Å². The van der Waals surface area contributed by atoms with Crippen molar-refractivity contribution in [3.05, 3.63) is 11.3 Å². The van der Waals surface area contributed by atoms with Gasteiger partial charge in [0.05, 0.1) is 12.1 Å². The van der Waals surface area contributed by atoms with Crippen molar-refractivity contribution in [1.29, 1.82) is 5.26 Å². The quantitative estimate of drug-likeness (QED) is 0.673. The van der Waals surface area contributed by atoms with Gasteiger partial charge in [-0.2, -0.15) is 10.4 Å². The van der Waals surface area contributed by atoms with Gasteiger partial charge in [-0.1, -0.05) is 13.8 Å². The zero-order valence-electron chi connectivity index (χ0n) is 8.53. The third-order valence-electron chi connectivity index (χ3n) is 2.18. The molecule has 15 heavy (non-hydrogen) atoms. The van der Waals surface area contributed by atoms with Crippen molar-refractivity contribution in [1.82, 2.24) is 10.2 Å². The maximum Gasteiger partial charge on any atom is 0.304 e. The molecule has 4 N–H and O–H groups in total. The number of rotatable bonds is 3. The fraction of sp³-hybridized carbons (Fsp3) is 0.444. The molecule has 0 atom stereocenters. The highest BCUT2D eigenvalue weighted by Crippen LogP contribution is 2.29. The van der Waals surface area contributed by atoms with Crippen LogP contribution < -0.4 is 5.73 Å². The Hall–Kier alpha value is -2.03. The van der Waals surface area contributed by atoms with Crippen LogP contribution in [0.4, 0.5) is 5.82 Å². The molecular weight excluding hydrogens is 196 g/mol. The van der Waals surface area contributed by atoms with Gasteiger partial charge in [0.2, 0.25) is 0 Å². The van der Waals surface area contributed by atoms with Gasteiger partial charge in [0.25, 0.3) is 0 Å². The van der Waals surface area contributed by atoms with Gasteiger partial charge in [-0.25, -0.2) is 0 Å². The van der Waals surface area contributed by atoms with Gasteiger partial charge >= 0.3 is 5.97 Å². The molecule has 0 spiro atoms. The number of hydrogen-bond donors (Lipinski definition) is 3. The summed E-state index contributed by atoms with van der Waals surface area (Å²) in [7, 11) is 0. The Bertz CT molecular complexity index is 428. The molecule has 0 aliphatic rings. The zero-order chi connectivity index (χ0) is 11.6. The molecule has 0 aromatic carbocycles. The number of nitrogens with one attached hydrogen (secondary N) is 1. The Labute approximate surface area is 86.7 Å². The van der Waals surface area contributed by atoms with E-state index in [1.165, 1.54) is 0 Å². The third-order valence-corrected chi connectivity index (χ3v) is 2.18. The van der Waals surface area contributed by atoms with Crippen molar-refractivity contribution >= 4 is 11.8 Å². The highest BCUT2D eigenvalue weighted by Gasteiger charge is 2.30. The zero-order valence-corrected chi connectivity index (χ0v) is 8.53. The molecule has 0 aliphatic heterocycles. The summed E-state index contributed by atoms with van der Waals surface area (Å²) >= 11 is 0. The van der Waals surface area contributed by atoms with Crippen molar-refractivity contribution in [3.63, 3.8) is 0 Å². The van der Waals surface area contributed by atoms with Gasteiger partial charge in [0.1, 0.15) is 11.6 Å². The number of nitrogens with two attached hydrogens (primary N) is 1. The van der Waals surface area contributed by atoms with Crippen molar-refractivity contribution in [2.24, 2.45) is 0 Å². The van der Waals surface area contributed by atoms with Crippen molar-refractivity contribution in [2.75, 3.05) is 5.73 Å². The SMILES string of the molecule is CC(C)(CC(=O)O)c1[nH]nc(N)c1C#N. The van der Waals surface area contributed by atoms with Gasteiger partial charge in [-0.05, 0) is 0 Å². The lowest BCUT2D eigenvalue weighted by molar-refractivity contribution is -0.138. The maximum atomic E-state index is 10.6. The average Bonchev–Trinajstić information content (AvgIpc) is 2.44. The number of nitriles is 1. The number of carboxylic acid groups (broad SMARTS) is 1. The van der Waals surface area contributed by atoms with Gasteiger partial charge in [-0.3, -0.25) is 9.89 Å². The predicted molar refractivity (Wildman–Crippen MR) is 53.0 cm³/mol. The van der Waals surface area contributed by atoms with Crippen LogP contribution in [0.5, 0.6) is 0 Å². The van der Waals surface area contributed by atoms with E-state index < -0.39 is 11.4 Å². The van der Waals surface area contributed by atoms with E-state index in [9.17, 15) is 4.79 Å². The first-order valence-corrected chi connectivity index (χ1v) is 4.34. The summed E-state index contributed by atoms with van der Waals surface area (Å²) in [6.45, 7) is 3.43. The first-order chi connectivity index (χ1) is 6.88. The third kappa shape index (κ3) is 2.07. The summed E-state index contributed by atoms with van der Waals surface area (Å²) in [5, 5.41) is 23.9. The van der Waals surface area contributed by atoms with Crippen LogP contribution in [0.1, 0.15) is 31.5 Å². The lowest BCUT2D eigenvalue weighted by Crippen LogP contribution is -2.23. The minimum atomic E-state index is -0.933. The van der Waals surface area contributed by atoms with E-state index >= 15 is 0 Å². The topological polar surface area (TPSA) is 116 Å². The molecule has 80 valence electrons. The van der Waals surface area contributed by atoms with Gasteiger partial charge in [0, 0.05) is 5.41 Å². The fourth-order valence-corrected chi connectivity index (χ4v) is 1.43. The molecule has 0 unspecified atom stereocenters. The first kappa shape index (κ1) is 11.0. The molecule has 0 saturated heterocycles. The van der Waals surface area contributed by atoms with Crippen molar-refractivity contribution in [2.45, 2.75) is 25.7 Å². The lowest BCUT2D eigenvalue weighted by atomic mass is 9.84. The van der Waals surface area contributed by atoms with E-state index in [-0.39, 0.29) is 17.8 Å². The number of nitrogen functional groups attached to an aromatic ring is 1. The molecule has 0 radical (unpaired) electrons. The van der Waals surface area contributed by atoms with Crippen LogP contribution in [0.3, 0.4) is 0 Å². The molecule has 6 heteroatoms. The average molecular weight is 208 g/mol. The second kappa shape index (κ2) is 3.61. The van der Waals surface area contributed by atoms with Crippen molar-refractivity contribution < 1.29 is 9.90 Å². The standard InChI is InChI=1S/C9H12N4O2/c1-9(2,3-6(14)15)7-5(4-10)8(11)13-12-7/h3H2,1-2H3,(H,14,15)(H3,11,12,13). The monoisotopic (exact) mass is 208 g/mol. The molecule has 1 heterocycles. The molecule has 1 aromatic rings. The predicted octanol–water partition coefficient (Wildman–Crippen LogP) is 0.616. The summed E-state index contributed by atoms with van der Waals surface area (Å²) in [5.41, 5.74) is 5.46. The molecular formula is C9H12N4O2. The summed E-state index contributed by atoms with van der Waals surface area (Å²) in [4.78, 5) is 10.6. The molecule has 1 aromatic heterocycles. The number of nitrogens with zero attached hydrogens (tertiary/aromatic N) is 2. The summed E-state index contributed by atoms with van der Waals surface area (Å²) in [5.74, 6) is -0.831. The van der Waals surface area contributed by atoms with Crippen molar-refractivity contribution in [3.8, 4) is 6.07 Å². The molecule has 0 saturated carbocycles. The number of H-pyrrole nitrogens is 1. The van der Waals surface area contributed by atoms with Crippen LogP contribution in [0.2, 0.25) is 0 Å². The summed E-state index contributed by atoms with van der Waals surface area (Å²) in [6, 6.07) is 1.91. The Morgan fingerprint density at radius 1 is 1.73 bits per heavy atom. The van der Waals surface area contributed by atoms with E-state index in [2.05, 4.69) is 10.2 Å². The Morgan fingerprint density at radius 2 is 2.33 bits per heavy atom. The number of carbonyl (C=O) groups is 1. The van der Waals surface area contributed by atoms with Gasteiger partial charge in [-0.15, -0.1) is 0 Å².